The van der Waals surface area contributed by atoms with Crippen LogP contribution in [0.2, 0.25) is 0 Å². The summed E-state index contributed by atoms with van der Waals surface area (Å²) in [6.07, 6.45) is 7.56. The van der Waals surface area contributed by atoms with E-state index in [4.69, 9.17) is 0 Å². The number of carboxylic acids is 1. The van der Waals surface area contributed by atoms with Crippen LogP contribution in [0.1, 0.15) is 55.1 Å². The SMILES string of the molecule is CCn1ncc2c(NC3CCCCC3)c(C(=O)O)c(C)nc21.[Na+].[OH-]. The van der Waals surface area contributed by atoms with Crippen molar-refractivity contribution in [2.45, 2.75) is 58.5 Å². The van der Waals surface area contributed by atoms with Gasteiger partial charge in [0.25, 0.3) is 0 Å². The minimum Gasteiger partial charge on any atom is -0.870 e. The molecule has 1 saturated carbocycles. The maximum Gasteiger partial charge on any atom is 1.00 e. The average Bonchev–Trinajstić information content (AvgIpc) is 2.90. The molecule has 0 aliphatic heterocycles. The number of nitrogens with one attached hydrogen (secondary N) is 1. The Bertz CT molecular complexity index is 711. The molecule has 1 aliphatic rings. The van der Waals surface area contributed by atoms with Gasteiger partial charge in [0.15, 0.2) is 5.65 Å². The molecule has 0 bridgehead atoms. The van der Waals surface area contributed by atoms with Crippen molar-refractivity contribution in [1.82, 2.24) is 14.8 Å². The van der Waals surface area contributed by atoms with Gasteiger partial charge in [0.05, 0.1) is 23.0 Å². The second-order valence-electron chi connectivity index (χ2n) is 5.93. The van der Waals surface area contributed by atoms with E-state index in [0.717, 1.165) is 23.9 Å². The van der Waals surface area contributed by atoms with E-state index in [9.17, 15) is 9.90 Å². The largest absolute Gasteiger partial charge is 1.00 e. The summed E-state index contributed by atoms with van der Waals surface area (Å²) in [6, 6.07) is 0.335. The monoisotopic (exact) mass is 342 g/mol. The summed E-state index contributed by atoms with van der Waals surface area (Å²) in [5.41, 5.74) is 2.24. The van der Waals surface area contributed by atoms with Crippen molar-refractivity contribution in [3.05, 3.63) is 17.5 Å². The van der Waals surface area contributed by atoms with Gasteiger partial charge in [-0.1, -0.05) is 19.3 Å². The van der Waals surface area contributed by atoms with E-state index in [1.165, 1.54) is 19.3 Å². The first-order chi connectivity index (χ1) is 10.6. The third-order valence-electron chi connectivity index (χ3n) is 4.43. The van der Waals surface area contributed by atoms with Gasteiger partial charge >= 0.3 is 35.5 Å². The minimum atomic E-state index is -0.936. The Balaban J connectivity index is 0.00000144. The Morgan fingerprint density at radius 2 is 2.04 bits per heavy atom. The molecule has 0 amide bonds. The molecule has 126 valence electrons. The number of carbonyl (C=O) groups is 1. The zero-order valence-electron chi connectivity index (χ0n) is 14.5. The maximum absolute atomic E-state index is 11.7. The summed E-state index contributed by atoms with van der Waals surface area (Å²) in [4.78, 5) is 16.2. The molecule has 7 nitrogen and oxygen atoms in total. The van der Waals surface area contributed by atoms with Gasteiger partial charge in [-0.25, -0.2) is 14.5 Å². The molecule has 0 unspecified atom stereocenters. The molecule has 0 spiro atoms. The molecule has 1 fully saturated rings. The molecule has 0 atom stereocenters. The molecule has 2 heterocycles. The van der Waals surface area contributed by atoms with Crippen LogP contribution in [0.5, 0.6) is 0 Å². The van der Waals surface area contributed by atoms with Gasteiger partial charge in [-0.05, 0) is 26.7 Å². The zero-order chi connectivity index (χ0) is 15.7. The number of rotatable bonds is 4. The van der Waals surface area contributed by atoms with Crippen LogP contribution < -0.4 is 34.9 Å². The number of aryl methyl sites for hydroxylation is 2. The van der Waals surface area contributed by atoms with E-state index in [0.29, 0.717) is 24.0 Å². The molecular formula is C16H23N4NaO3. The molecule has 0 saturated heterocycles. The van der Waals surface area contributed by atoms with Crippen LogP contribution >= 0.6 is 0 Å². The Morgan fingerprint density at radius 3 is 2.62 bits per heavy atom. The van der Waals surface area contributed by atoms with Gasteiger partial charge in [-0.2, -0.15) is 5.10 Å². The molecular weight excluding hydrogens is 319 g/mol. The van der Waals surface area contributed by atoms with Crippen LogP contribution in [0.3, 0.4) is 0 Å². The summed E-state index contributed by atoms with van der Waals surface area (Å²) >= 11 is 0. The standard InChI is InChI=1S/C16H22N4O2.Na.H2O/c1-3-20-15-12(9-17-20)14(13(16(21)22)10(2)18-15)19-11-7-5-4-6-8-11;;/h9,11H,3-8H2,1-2H3,(H,18,19)(H,21,22);;1H2/q;+1;/p-1. The number of carboxylic acid groups (broad SMARTS) is 1. The van der Waals surface area contributed by atoms with Gasteiger partial charge in [-0.15, -0.1) is 0 Å². The van der Waals surface area contributed by atoms with Gasteiger partial charge in [-0.3, -0.25) is 0 Å². The Morgan fingerprint density at radius 1 is 1.38 bits per heavy atom. The van der Waals surface area contributed by atoms with E-state index in [-0.39, 0.29) is 40.6 Å². The number of anilines is 1. The van der Waals surface area contributed by atoms with E-state index < -0.39 is 5.97 Å². The van der Waals surface area contributed by atoms with E-state index >= 15 is 0 Å². The van der Waals surface area contributed by atoms with E-state index in [2.05, 4.69) is 15.4 Å². The summed E-state index contributed by atoms with van der Waals surface area (Å²) in [5, 5.41) is 18.2. The van der Waals surface area contributed by atoms with Crippen molar-refractivity contribution in [3.8, 4) is 0 Å². The van der Waals surface area contributed by atoms with Crippen molar-refractivity contribution in [1.29, 1.82) is 0 Å². The van der Waals surface area contributed by atoms with Crippen molar-refractivity contribution < 1.29 is 44.9 Å². The van der Waals surface area contributed by atoms with Crippen molar-refractivity contribution in [2.24, 2.45) is 0 Å². The summed E-state index contributed by atoms with van der Waals surface area (Å²) in [7, 11) is 0. The third-order valence-corrected chi connectivity index (χ3v) is 4.43. The maximum atomic E-state index is 11.7. The first-order valence-electron chi connectivity index (χ1n) is 7.97. The Hall–Kier alpha value is -1.15. The topological polar surface area (TPSA) is 110 Å². The summed E-state index contributed by atoms with van der Waals surface area (Å²) in [6.45, 7) is 4.47. The average molecular weight is 342 g/mol. The van der Waals surface area contributed by atoms with Gasteiger partial charge in [0.2, 0.25) is 0 Å². The number of hydrogen-bond donors (Lipinski definition) is 2. The molecule has 1 aliphatic carbocycles. The summed E-state index contributed by atoms with van der Waals surface area (Å²) in [5.74, 6) is -0.936. The Kier molecular flexibility index (Phi) is 7.66. The van der Waals surface area contributed by atoms with Gasteiger partial charge in [0, 0.05) is 12.6 Å². The molecule has 2 aromatic rings. The number of hydrogen-bond acceptors (Lipinski definition) is 5. The van der Waals surface area contributed by atoms with Gasteiger partial charge in [0.1, 0.15) is 5.56 Å². The van der Waals surface area contributed by atoms with Crippen molar-refractivity contribution in [3.63, 3.8) is 0 Å². The summed E-state index contributed by atoms with van der Waals surface area (Å²) < 4.78 is 1.81. The second kappa shape index (κ2) is 8.80. The number of aromatic nitrogens is 3. The second-order valence-corrected chi connectivity index (χ2v) is 5.93. The first-order valence-corrected chi connectivity index (χ1v) is 7.97. The van der Waals surface area contributed by atoms with E-state index in [1.54, 1.807) is 17.8 Å². The Labute approximate surface area is 163 Å². The number of nitrogens with zero attached hydrogens (tertiary/aromatic N) is 3. The van der Waals surface area contributed by atoms with Crippen LogP contribution in [0.4, 0.5) is 5.69 Å². The molecule has 0 radical (unpaired) electrons. The van der Waals surface area contributed by atoms with Crippen LogP contribution in [0.25, 0.3) is 11.0 Å². The van der Waals surface area contributed by atoms with Crippen LogP contribution in [0, 0.1) is 6.92 Å². The van der Waals surface area contributed by atoms with Crippen molar-refractivity contribution in [2.75, 3.05) is 5.32 Å². The van der Waals surface area contributed by atoms with Crippen LogP contribution in [0.15, 0.2) is 6.20 Å². The molecule has 3 rings (SSSR count). The molecule has 24 heavy (non-hydrogen) atoms. The minimum absolute atomic E-state index is 0. The molecule has 3 N–H and O–H groups in total. The first kappa shape index (κ1) is 20.9. The number of pyridine rings is 1. The molecule has 2 aromatic heterocycles. The number of fused-ring (bicyclic) bond motifs is 1. The van der Waals surface area contributed by atoms with E-state index in [1.807, 2.05) is 6.92 Å². The molecule has 8 heteroatoms. The molecule has 0 aromatic carbocycles. The quantitative estimate of drug-likeness (QED) is 0.759. The third kappa shape index (κ3) is 3.91. The fourth-order valence-electron chi connectivity index (χ4n) is 3.30. The van der Waals surface area contributed by atoms with Gasteiger partial charge < -0.3 is 15.9 Å². The van der Waals surface area contributed by atoms with Crippen LogP contribution in [-0.2, 0) is 6.54 Å². The smallest absolute Gasteiger partial charge is 0.870 e. The zero-order valence-corrected chi connectivity index (χ0v) is 16.5. The fraction of sp³-hybridized carbons (Fsp3) is 0.562. The normalized spacial score (nSPS) is 14.8. The van der Waals surface area contributed by atoms with Crippen molar-refractivity contribution >= 4 is 22.7 Å². The predicted octanol–water partition coefficient (Wildman–Crippen LogP) is 0.0296. The van der Waals surface area contributed by atoms with Crippen LogP contribution in [-0.4, -0.2) is 37.4 Å². The number of aromatic carboxylic acids is 1. The predicted molar refractivity (Wildman–Crippen MR) is 87.3 cm³/mol. The fourth-order valence-corrected chi connectivity index (χ4v) is 3.30.